The van der Waals surface area contributed by atoms with Gasteiger partial charge in [-0.1, -0.05) is 43.7 Å². The molecule has 5 heteroatoms. The van der Waals surface area contributed by atoms with E-state index in [1.807, 2.05) is 42.2 Å². The highest BCUT2D eigenvalue weighted by Crippen LogP contribution is 2.29. The molecular weight excluding hydrogens is 364 g/mol. The second kappa shape index (κ2) is 10.3. The Morgan fingerprint density at radius 3 is 2.48 bits per heavy atom. The van der Waals surface area contributed by atoms with Crippen LogP contribution in [0.5, 0.6) is 0 Å². The topological polar surface area (TPSA) is 53.8 Å². The van der Waals surface area contributed by atoms with E-state index in [0.717, 1.165) is 37.9 Å². The van der Waals surface area contributed by atoms with Gasteiger partial charge in [0.25, 0.3) is 0 Å². The summed E-state index contributed by atoms with van der Waals surface area (Å²) in [5, 5.41) is 0. The summed E-state index contributed by atoms with van der Waals surface area (Å²) in [6.45, 7) is 5.25. The highest BCUT2D eigenvalue weighted by Gasteiger charge is 2.33. The van der Waals surface area contributed by atoms with Crippen molar-refractivity contribution in [2.75, 3.05) is 13.1 Å². The number of amides is 2. The second-order valence-corrected chi connectivity index (χ2v) is 7.98. The molecule has 2 amide bonds. The minimum Gasteiger partial charge on any atom is -0.467 e. The summed E-state index contributed by atoms with van der Waals surface area (Å²) in [6, 6.07) is 13.9. The fourth-order valence-electron chi connectivity index (χ4n) is 3.60. The van der Waals surface area contributed by atoms with Gasteiger partial charge in [-0.2, -0.15) is 0 Å². The molecule has 0 saturated heterocycles. The standard InChI is InChI=1S/C24H32N2O3/c1-3-19(2)26(24(28)21-11-7-12-21)18-23(27)25(17-22-13-8-16-29-22)15-14-20-9-5-4-6-10-20/h4-6,8-10,13,16,19,21H,3,7,11-12,14-15,17-18H2,1-2H3. The molecule has 3 rings (SSSR count). The maximum atomic E-state index is 13.2. The highest BCUT2D eigenvalue weighted by atomic mass is 16.3. The Morgan fingerprint density at radius 2 is 1.90 bits per heavy atom. The molecule has 1 atom stereocenters. The van der Waals surface area contributed by atoms with Gasteiger partial charge >= 0.3 is 0 Å². The first-order chi connectivity index (χ1) is 14.1. The Bertz CT molecular complexity index is 769. The molecule has 1 aliphatic rings. The zero-order valence-electron chi connectivity index (χ0n) is 17.5. The monoisotopic (exact) mass is 396 g/mol. The summed E-state index contributed by atoms with van der Waals surface area (Å²) in [6.07, 6.45) is 6.25. The van der Waals surface area contributed by atoms with E-state index in [1.165, 1.54) is 5.56 Å². The van der Waals surface area contributed by atoms with Crippen LogP contribution in [0.15, 0.2) is 53.1 Å². The maximum Gasteiger partial charge on any atom is 0.242 e. The molecule has 0 N–H and O–H groups in total. The van der Waals surface area contributed by atoms with E-state index >= 15 is 0 Å². The third-order valence-corrected chi connectivity index (χ3v) is 5.96. The van der Waals surface area contributed by atoms with Crippen LogP contribution in [0.1, 0.15) is 50.9 Å². The van der Waals surface area contributed by atoms with Crippen LogP contribution in [0.4, 0.5) is 0 Å². The third kappa shape index (κ3) is 5.72. The average Bonchev–Trinajstić information content (AvgIpc) is 3.21. The fourth-order valence-corrected chi connectivity index (χ4v) is 3.60. The van der Waals surface area contributed by atoms with Crippen molar-refractivity contribution in [1.29, 1.82) is 0 Å². The highest BCUT2D eigenvalue weighted by molar-refractivity contribution is 5.86. The lowest BCUT2D eigenvalue weighted by Gasteiger charge is -2.36. The first kappa shape index (κ1) is 21.2. The van der Waals surface area contributed by atoms with Gasteiger partial charge < -0.3 is 14.2 Å². The lowest BCUT2D eigenvalue weighted by Crippen LogP contribution is -2.49. The summed E-state index contributed by atoms with van der Waals surface area (Å²) >= 11 is 0. The summed E-state index contributed by atoms with van der Waals surface area (Å²) in [5.41, 5.74) is 1.19. The van der Waals surface area contributed by atoms with E-state index in [9.17, 15) is 9.59 Å². The zero-order valence-corrected chi connectivity index (χ0v) is 17.5. The number of carbonyl (C=O) groups excluding carboxylic acids is 2. The number of benzene rings is 1. The molecule has 1 aromatic heterocycles. The minimum absolute atomic E-state index is 0.0229. The summed E-state index contributed by atoms with van der Waals surface area (Å²) in [7, 11) is 0. The second-order valence-electron chi connectivity index (χ2n) is 7.98. The van der Waals surface area contributed by atoms with Gasteiger partial charge in [-0.05, 0) is 50.3 Å². The number of hydrogen-bond acceptors (Lipinski definition) is 3. The zero-order chi connectivity index (χ0) is 20.6. The SMILES string of the molecule is CCC(C)N(CC(=O)N(CCc1ccccc1)Cc1ccco1)C(=O)C1CCC1. The third-order valence-electron chi connectivity index (χ3n) is 5.96. The van der Waals surface area contributed by atoms with Crippen molar-refractivity contribution in [2.45, 2.75) is 58.5 Å². The van der Waals surface area contributed by atoms with E-state index in [0.29, 0.717) is 13.1 Å². The fraction of sp³-hybridized carbons (Fsp3) is 0.500. The van der Waals surface area contributed by atoms with Gasteiger partial charge in [-0.25, -0.2) is 0 Å². The number of nitrogens with zero attached hydrogens (tertiary/aromatic N) is 2. The first-order valence-corrected chi connectivity index (χ1v) is 10.7. The van der Waals surface area contributed by atoms with Gasteiger partial charge in [-0.3, -0.25) is 9.59 Å². The molecule has 0 bridgehead atoms. The Kier molecular flexibility index (Phi) is 7.50. The smallest absolute Gasteiger partial charge is 0.242 e. The molecule has 1 heterocycles. The van der Waals surface area contributed by atoms with Crippen molar-refractivity contribution in [3.63, 3.8) is 0 Å². The van der Waals surface area contributed by atoms with Crippen LogP contribution in [-0.4, -0.2) is 40.7 Å². The largest absolute Gasteiger partial charge is 0.467 e. The normalized spacial score (nSPS) is 14.8. The molecule has 1 saturated carbocycles. The molecule has 1 unspecified atom stereocenters. The molecule has 2 aromatic rings. The van der Waals surface area contributed by atoms with Crippen molar-refractivity contribution in [3.8, 4) is 0 Å². The van der Waals surface area contributed by atoms with E-state index in [1.54, 1.807) is 11.2 Å². The quantitative estimate of drug-likeness (QED) is 0.602. The van der Waals surface area contributed by atoms with Crippen molar-refractivity contribution >= 4 is 11.8 Å². The summed E-state index contributed by atoms with van der Waals surface area (Å²) in [5.74, 6) is 0.969. The molecule has 0 spiro atoms. The van der Waals surface area contributed by atoms with Gasteiger partial charge in [-0.15, -0.1) is 0 Å². The first-order valence-electron chi connectivity index (χ1n) is 10.7. The van der Waals surface area contributed by atoms with Crippen LogP contribution in [0.25, 0.3) is 0 Å². The van der Waals surface area contributed by atoms with Crippen molar-refractivity contribution in [3.05, 3.63) is 60.1 Å². The average molecular weight is 397 g/mol. The summed E-state index contributed by atoms with van der Waals surface area (Å²) in [4.78, 5) is 29.8. The van der Waals surface area contributed by atoms with Gasteiger partial charge in [0.2, 0.25) is 11.8 Å². The van der Waals surface area contributed by atoms with Crippen LogP contribution < -0.4 is 0 Å². The number of furan rings is 1. The van der Waals surface area contributed by atoms with Crippen LogP contribution >= 0.6 is 0 Å². The van der Waals surface area contributed by atoms with Crippen LogP contribution in [0, 0.1) is 5.92 Å². The van der Waals surface area contributed by atoms with E-state index in [2.05, 4.69) is 19.1 Å². The van der Waals surface area contributed by atoms with Gasteiger partial charge in [0.05, 0.1) is 12.8 Å². The molecule has 0 aliphatic heterocycles. The van der Waals surface area contributed by atoms with Crippen molar-refractivity contribution < 1.29 is 14.0 Å². The Morgan fingerprint density at radius 1 is 1.14 bits per heavy atom. The number of rotatable bonds is 10. The Labute approximate surface area is 173 Å². The predicted molar refractivity (Wildman–Crippen MR) is 113 cm³/mol. The van der Waals surface area contributed by atoms with E-state index in [-0.39, 0.29) is 30.3 Å². The van der Waals surface area contributed by atoms with Gasteiger partial charge in [0, 0.05) is 18.5 Å². The molecule has 5 nitrogen and oxygen atoms in total. The van der Waals surface area contributed by atoms with Crippen LogP contribution in [0.2, 0.25) is 0 Å². The number of hydrogen-bond donors (Lipinski definition) is 0. The lowest BCUT2D eigenvalue weighted by molar-refractivity contribution is -0.147. The van der Waals surface area contributed by atoms with E-state index < -0.39 is 0 Å². The molecule has 0 radical (unpaired) electrons. The molecule has 1 fully saturated rings. The van der Waals surface area contributed by atoms with Gasteiger partial charge in [0.1, 0.15) is 12.3 Å². The predicted octanol–water partition coefficient (Wildman–Crippen LogP) is 4.28. The summed E-state index contributed by atoms with van der Waals surface area (Å²) < 4.78 is 5.48. The van der Waals surface area contributed by atoms with Crippen LogP contribution in [-0.2, 0) is 22.6 Å². The number of carbonyl (C=O) groups is 2. The Balaban J connectivity index is 1.69. The molecule has 1 aromatic carbocycles. The van der Waals surface area contributed by atoms with Crippen molar-refractivity contribution in [1.82, 2.24) is 9.80 Å². The van der Waals surface area contributed by atoms with E-state index in [4.69, 9.17) is 4.42 Å². The van der Waals surface area contributed by atoms with Gasteiger partial charge in [0.15, 0.2) is 0 Å². The van der Waals surface area contributed by atoms with Crippen molar-refractivity contribution in [2.24, 2.45) is 5.92 Å². The minimum atomic E-state index is -0.0229. The van der Waals surface area contributed by atoms with Crippen LogP contribution in [0.3, 0.4) is 0 Å². The Hall–Kier alpha value is -2.56. The molecule has 1 aliphatic carbocycles. The molecule has 29 heavy (non-hydrogen) atoms. The maximum absolute atomic E-state index is 13.2. The molecule has 156 valence electrons. The lowest BCUT2D eigenvalue weighted by atomic mass is 9.84. The molecular formula is C24H32N2O3.